The molecule has 7 nitrogen and oxygen atoms in total. The summed E-state index contributed by atoms with van der Waals surface area (Å²) in [6.07, 6.45) is 3.61. The Labute approximate surface area is 212 Å². The van der Waals surface area contributed by atoms with Crippen LogP contribution in [-0.4, -0.2) is 43.3 Å². The van der Waals surface area contributed by atoms with E-state index in [0.717, 1.165) is 49.1 Å². The van der Waals surface area contributed by atoms with Crippen LogP contribution in [0.2, 0.25) is 0 Å². The Morgan fingerprint density at radius 2 is 1.56 bits per heavy atom. The molecule has 1 N–H and O–H groups in total. The first-order valence-electron chi connectivity index (χ1n) is 12.2. The molecule has 1 aromatic heterocycles. The Morgan fingerprint density at radius 3 is 2.25 bits per heavy atom. The van der Waals surface area contributed by atoms with Gasteiger partial charge in [0, 0.05) is 25.1 Å². The Kier molecular flexibility index (Phi) is 8.44. The van der Waals surface area contributed by atoms with E-state index in [4.69, 9.17) is 19.2 Å². The molecule has 0 bridgehead atoms. The molecule has 0 aliphatic rings. The third-order valence-electron chi connectivity index (χ3n) is 6.21. The number of nitrogens with zero attached hydrogens (tertiary/aromatic N) is 2. The summed E-state index contributed by atoms with van der Waals surface area (Å²) in [5.74, 6) is 2.22. The van der Waals surface area contributed by atoms with Gasteiger partial charge in [-0.2, -0.15) is 0 Å². The molecule has 1 heterocycles. The van der Waals surface area contributed by atoms with E-state index >= 15 is 0 Å². The topological polar surface area (TPSA) is 74.6 Å². The van der Waals surface area contributed by atoms with Crippen LogP contribution in [0.25, 0.3) is 11.0 Å². The smallest absolute Gasteiger partial charge is 0.251 e. The maximum atomic E-state index is 12.8. The second-order valence-corrected chi connectivity index (χ2v) is 8.53. The summed E-state index contributed by atoms with van der Waals surface area (Å²) in [5, 5.41) is 3.00. The van der Waals surface area contributed by atoms with Gasteiger partial charge >= 0.3 is 0 Å². The molecular weight excluding hydrogens is 454 g/mol. The third kappa shape index (κ3) is 5.79. The second-order valence-electron chi connectivity index (χ2n) is 8.53. The predicted molar refractivity (Wildman–Crippen MR) is 141 cm³/mol. The van der Waals surface area contributed by atoms with Crippen molar-refractivity contribution in [1.82, 2.24) is 14.9 Å². The van der Waals surface area contributed by atoms with E-state index in [1.54, 1.807) is 12.1 Å². The minimum absolute atomic E-state index is 0.189. The highest BCUT2D eigenvalue weighted by molar-refractivity contribution is 5.95. The average molecular weight is 488 g/mol. The van der Waals surface area contributed by atoms with Crippen LogP contribution in [-0.2, 0) is 19.4 Å². The van der Waals surface area contributed by atoms with Crippen molar-refractivity contribution in [3.63, 3.8) is 0 Å². The number of hydrogen-bond acceptors (Lipinski definition) is 5. The van der Waals surface area contributed by atoms with Crippen LogP contribution in [0.1, 0.15) is 34.6 Å². The van der Waals surface area contributed by atoms with Gasteiger partial charge in [-0.1, -0.05) is 42.5 Å². The maximum absolute atomic E-state index is 12.8. The Bertz CT molecular complexity index is 1280. The highest BCUT2D eigenvalue weighted by Gasteiger charge is 2.17. The lowest BCUT2D eigenvalue weighted by Gasteiger charge is -2.14. The Balaban J connectivity index is 1.38. The quantitative estimate of drug-likeness (QED) is 0.283. The molecule has 0 saturated heterocycles. The minimum atomic E-state index is -0.189. The van der Waals surface area contributed by atoms with Crippen LogP contribution in [0.15, 0.2) is 66.7 Å². The van der Waals surface area contributed by atoms with E-state index in [1.165, 1.54) is 26.9 Å². The molecule has 0 spiro atoms. The predicted octanol–water partition coefficient (Wildman–Crippen LogP) is 5.06. The van der Waals surface area contributed by atoms with Gasteiger partial charge in [0.15, 0.2) is 11.5 Å². The van der Waals surface area contributed by atoms with E-state index < -0.39 is 0 Å². The van der Waals surface area contributed by atoms with Crippen LogP contribution >= 0.6 is 0 Å². The molecule has 0 unspecified atom stereocenters. The lowest BCUT2D eigenvalue weighted by Crippen LogP contribution is -2.25. The van der Waals surface area contributed by atoms with E-state index in [1.807, 2.05) is 12.1 Å². The number of aromatic nitrogens is 2. The van der Waals surface area contributed by atoms with Crippen LogP contribution < -0.4 is 19.5 Å². The molecule has 36 heavy (non-hydrogen) atoms. The minimum Gasteiger partial charge on any atom is -0.493 e. The van der Waals surface area contributed by atoms with Crippen LogP contribution in [0, 0.1) is 0 Å². The molecule has 4 aromatic rings. The number of para-hydroxylation sites is 2. The summed E-state index contributed by atoms with van der Waals surface area (Å²) in [6.45, 7) is 1.44. The molecule has 1 amide bonds. The van der Waals surface area contributed by atoms with E-state index in [2.05, 4.69) is 52.3 Å². The van der Waals surface area contributed by atoms with Gasteiger partial charge in [0.05, 0.1) is 32.4 Å². The van der Waals surface area contributed by atoms with E-state index in [9.17, 15) is 4.79 Å². The number of ether oxygens (including phenoxy) is 3. The van der Waals surface area contributed by atoms with Gasteiger partial charge in [-0.3, -0.25) is 4.79 Å². The molecule has 0 atom stereocenters. The first kappa shape index (κ1) is 25.1. The Morgan fingerprint density at radius 1 is 0.861 bits per heavy atom. The normalized spacial score (nSPS) is 10.9. The number of hydrogen-bond donors (Lipinski definition) is 1. The number of rotatable bonds is 12. The number of aryl methyl sites for hydroxylation is 3. The number of amides is 1. The maximum Gasteiger partial charge on any atom is 0.251 e. The number of benzene rings is 3. The van der Waals surface area contributed by atoms with Gasteiger partial charge in [0.1, 0.15) is 5.82 Å². The third-order valence-corrected chi connectivity index (χ3v) is 6.21. The number of methoxy groups -OCH3 is 3. The molecule has 0 saturated carbocycles. The number of fused-ring (bicyclic) bond motifs is 1. The summed E-state index contributed by atoms with van der Waals surface area (Å²) in [5.41, 5.74) is 3.96. The largest absolute Gasteiger partial charge is 0.493 e. The first-order chi connectivity index (χ1) is 17.6. The van der Waals surface area contributed by atoms with Crippen LogP contribution in [0.5, 0.6) is 17.2 Å². The molecule has 0 aliphatic carbocycles. The van der Waals surface area contributed by atoms with Crippen molar-refractivity contribution in [3.05, 3.63) is 83.7 Å². The van der Waals surface area contributed by atoms with Gasteiger partial charge in [-0.25, -0.2) is 4.98 Å². The van der Waals surface area contributed by atoms with Crippen molar-refractivity contribution in [3.8, 4) is 17.2 Å². The highest BCUT2D eigenvalue weighted by atomic mass is 16.5. The number of imidazole rings is 1. The number of nitrogens with one attached hydrogen (secondary N) is 1. The van der Waals surface area contributed by atoms with Crippen LogP contribution in [0.4, 0.5) is 0 Å². The van der Waals surface area contributed by atoms with Crippen LogP contribution in [0.3, 0.4) is 0 Å². The van der Waals surface area contributed by atoms with Gasteiger partial charge in [0.2, 0.25) is 5.75 Å². The summed E-state index contributed by atoms with van der Waals surface area (Å²) in [6, 6.07) is 22.1. The summed E-state index contributed by atoms with van der Waals surface area (Å²) in [7, 11) is 4.60. The van der Waals surface area contributed by atoms with Crippen molar-refractivity contribution < 1.29 is 19.0 Å². The monoisotopic (exact) mass is 487 g/mol. The molecular formula is C29H33N3O4. The zero-order valence-corrected chi connectivity index (χ0v) is 21.1. The average Bonchev–Trinajstić information content (AvgIpc) is 3.27. The summed E-state index contributed by atoms with van der Waals surface area (Å²) in [4.78, 5) is 17.7. The van der Waals surface area contributed by atoms with Gasteiger partial charge in [-0.05, 0) is 49.1 Å². The summed E-state index contributed by atoms with van der Waals surface area (Å²) < 4.78 is 18.4. The zero-order chi connectivity index (χ0) is 25.3. The van der Waals surface area contributed by atoms with Gasteiger partial charge in [-0.15, -0.1) is 0 Å². The number of carbonyl (C=O) groups excluding carboxylic acids is 1. The van der Waals surface area contributed by atoms with Gasteiger partial charge < -0.3 is 24.1 Å². The second kappa shape index (κ2) is 12.1. The highest BCUT2D eigenvalue weighted by Crippen LogP contribution is 2.38. The van der Waals surface area contributed by atoms with Crippen molar-refractivity contribution >= 4 is 16.9 Å². The molecule has 0 radical (unpaired) electrons. The number of carbonyl (C=O) groups is 1. The fourth-order valence-corrected chi connectivity index (χ4v) is 4.41. The van der Waals surface area contributed by atoms with E-state index in [0.29, 0.717) is 29.4 Å². The molecule has 0 aliphatic heterocycles. The van der Waals surface area contributed by atoms with Gasteiger partial charge in [0.25, 0.3) is 5.91 Å². The fraction of sp³-hybridized carbons (Fsp3) is 0.310. The molecule has 188 valence electrons. The van der Waals surface area contributed by atoms with Crippen molar-refractivity contribution in [2.45, 2.75) is 32.2 Å². The molecule has 4 rings (SSSR count). The standard InChI is InChI=1S/C29H33N3O4/c1-34-25-19-22(20-26(35-2)28(25)36-3)29(33)30-17-9-16-27-31-23-14-7-8-15-24(23)32(27)18-10-13-21-11-5-4-6-12-21/h4-8,11-12,14-15,19-20H,9-10,13,16-18H2,1-3H3,(H,30,33). The molecule has 0 fully saturated rings. The van der Waals surface area contributed by atoms with Crippen molar-refractivity contribution in [2.24, 2.45) is 0 Å². The first-order valence-corrected chi connectivity index (χ1v) is 12.2. The van der Waals surface area contributed by atoms with Crippen molar-refractivity contribution in [1.29, 1.82) is 0 Å². The van der Waals surface area contributed by atoms with Crippen molar-refractivity contribution in [2.75, 3.05) is 27.9 Å². The van der Waals surface area contributed by atoms with E-state index in [-0.39, 0.29) is 5.91 Å². The fourth-order valence-electron chi connectivity index (χ4n) is 4.41. The SMILES string of the molecule is COc1cc(C(=O)NCCCc2nc3ccccc3n2CCCc2ccccc2)cc(OC)c1OC. The lowest BCUT2D eigenvalue weighted by atomic mass is 10.1. The summed E-state index contributed by atoms with van der Waals surface area (Å²) >= 11 is 0. The Hall–Kier alpha value is -4.00. The molecule has 7 heteroatoms. The molecule has 3 aromatic carbocycles. The zero-order valence-electron chi connectivity index (χ0n) is 21.1. The lowest BCUT2D eigenvalue weighted by molar-refractivity contribution is 0.0952.